The number of hydrogen-bond acceptors (Lipinski definition) is 8. The highest BCUT2D eigenvalue weighted by atomic mass is 16.7. The maximum atomic E-state index is 12.5. The average molecular weight is 462 g/mol. The lowest BCUT2D eigenvalue weighted by Crippen LogP contribution is -2.13. The Balaban J connectivity index is 1.46. The van der Waals surface area contributed by atoms with E-state index in [9.17, 15) is 19.7 Å². The molecule has 1 heterocycles. The largest absolute Gasteiger partial charge is 0.519 e. The van der Waals surface area contributed by atoms with Crippen molar-refractivity contribution in [1.29, 1.82) is 0 Å². The molecule has 172 valence electrons. The van der Waals surface area contributed by atoms with Crippen LogP contribution in [0.5, 0.6) is 23.0 Å². The van der Waals surface area contributed by atoms with Gasteiger partial charge >= 0.3 is 6.16 Å². The van der Waals surface area contributed by atoms with Crippen LogP contribution in [-0.4, -0.2) is 31.2 Å². The number of carbonyl (C=O) groups excluding carboxylic acids is 2. The number of nitro benzene ring substituents is 1. The third-order valence-electron chi connectivity index (χ3n) is 4.95. The fraction of sp³-hybridized carbons (Fsp3) is 0.0833. The van der Waals surface area contributed by atoms with Crippen molar-refractivity contribution in [2.24, 2.45) is 0 Å². The highest BCUT2D eigenvalue weighted by Crippen LogP contribution is 2.41. The van der Waals surface area contributed by atoms with Gasteiger partial charge in [0.1, 0.15) is 11.5 Å². The molecule has 0 fully saturated rings. The number of carbonyl (C=O) groups is 2. The van der Waals surface area contributed by atoms with Crippen molar-refractivity contribution < 1.29 is 33.5 Å². The van der Waals surface area contributed by atoms with Gasteiger partial charge in [-0.15, -0.1) is 0 Å². The third-order valence-corrected chi connectivity index (χ3v) is 4.95. The van der Waals surface area contributed by atoms with Gasteiger partial charge in [-0.05, 0) is 42.0 Å². The van der Waals surface area contributed by atoms with Crippen LogP contribution in [0.3, 0.4) is 0 Å². The Morgan fingerprint density at radius 3 is 2.03 bits per heavy atom. The Bertz CT molecular complexity index is 1300. The number of non-ortho nitro benzene ring substituents is 1. The quantitative estimate of drug-likeness (QED) is 0.184. The molecule has 10 nitrogen and oxygen atoms in total. The molecule has 34 heavy (non-hydrogen) atoms. The molecule has 1 N–H and O–H groups in total. The molecule has 0 saturated carbocycles. The Kier molecular flexibility index (Phi) is 6.13. The molecule has 0 saturated heterocycles. The lowest BCUT2D eigenvalue weighted by molar-refractivity contribution is -0.384. The van der Waals surface area contributed by atoms with Crippen LogP contribution in [0, 0.1) is 10.1 Å². The molecule has 4 rings (SSSR count). The van der Waals surface area contributed by atoms with E-state index in [2.05, 4.69) is 5.32 Å². The molecule has 0 spiro atoms. The maximum absolute atomic E-state index is 12.5. The van der Waals surface area contributed by atoms with Gasteiger partial charge in [-0.1, -0.05) is 12.1 Å². The van der Waals surface area contributed by atoms with Crippen LogP contribution in [0.4, 0.5) is 16.2 Å². The van der Waals surface area contributed by atoms with Crippen LogP contribution in [0.25, 0.3) is 11.6 Å². The van der Waals surface area contributed by atoms with Crippen molar-refractivity contribution in [3.05, 3.63) is 81.9 Å². The van der Waals surface area contributed by atoms with E-state index < -0.39 is 11.1 Å². The van der Waals surface area contributed by atoms with E-state index in [1.165, 1.54) is 38.5 Å². The second kappa shape index (κ2) is 9.33. The summed E-state index contributed by atoms with van der Waals surface area (Å²) >= 11 is 0. The van der Waals surface area contributed by atoms with E-state index in [1.807, 2.05) is 0 Å². The zero-order valence-corrected chi connectivity index (χ0v) is 18.1. The number of amides is 1. The van der Waals surface area contributed by atoms with Crippen molar-refractivity contribution in [2.45, 2.75) is 0 Å². The Morgan fingerprint density at radius 1 is 0.912 bits per heavy atom. The molecule has 1 aliphatic heterocycles. The zero-order chi connectivity index (χ0) is 24.2. The third kappa shape index (κ3) is 4.65. The van der Waals surface area contributed by atoms with Gasteiger partial charge in [0.25, 0.3) is 11.6 Å². The molecule has 0 aromatic heterocycles. The number of benzene rings is 3. The highest BCUT2D eigenvalue weighted by Gasteiger charge is 2.26. The summed E-state index contributed by atoms with van der Waals surface area (Å²) in [4.78, 5) is 34.6. The summed E-state index contributed by atoms with van der Waals surface area (Å²) in [5.41, 5.74) is 2.31. The second-order valence-corrected chi connectivity index (χ2v) is 7.04. The molecule has 0 unspecified atom stereocenters. The van der Waals surface area contributed by atoms with E-state index in [0.29, 0.717) is 33.9 Å². The van der Waals surface area contributed by atoms with E-state index in [1.54, 1.807) is 42.5 Å². The van der Waals surface area contributed by atoms with Gasteiger partial charge in [0.2, 0.25) is 0 Å². The van der Waals surface area contributed by atoms with Crippen molar-refractivity contribution in [3.63, 3.8) is 0 Å². The molecule has 0 aliphatic carbocycles. The molecule has 3 aromatic rings. The first kappa shape index (κ1) is 22.3. The molecule has 0 bridgehead atoms. The van der Waals surface area contributed by atoms with Gasteiger partial charge in [0.05, 0.1) is 24.8 Å². The van der Waals surface area contributed by atoms with Gasteiger partial charge in [0.15, 0.2) is 11.5 Å². The van der Waals surface area contributed by atoms with Gasteiger partial charge in [-0.2, -0.15) is 0 Å². The van der Waals surface area contributed by atoms with E-state index in [-0.39, 0.29) is 23.1 Å². The lowest BCUT2D eigenvalue weighted by Gasteiger charge is -2.09. The Hall–Kier alpha value is -4.86. The standard InChI is InChI=1S/C24H18N2O8/c1-31-21-12-18-19(23(27)25-20(18)13-22(21)32-2)11-14-3-7-16(8-4-14)33-24(28)34-17-9-5-15(6-10-17)26(29)30/h3-13H,1-2H3,(H,25,27). The van der Waals surface area contributed by atoms with Crippen molar-refractivity contribution in [3.8, 4) is 23.0 Å². The van der Waals surface area contributed by atoms with E-state index in [4.69, 9.17) is 18.9 Å². The molecule has 1 amide bonds. The Morgan fingerprint density at radius 2 is 1.47 bits per heavy atom. The maximum Gasteiger partial charge on any atom is 0.519 e. The summed E-state index contributed by atoms with van der Waals surface area (Å²) in [5, 5.41) is 13.5. The van der Waals surface area contributed by atoms with E-state index in [0.717, 1.165) is 0 Å². The van der Waals surface area contributed by atoms with Crippen molar-refractivity contribution in [1.82, 2.24) is 0 Å². The first-order valence-electron chi connectivity index (χ1n) is 9.91. The minimum absolute atomic E-state index is 0.106. The number of nitro groups is 1. The zero-order valence-electron chi connectivity index (χ0n) is 18.1. The number of fused-ring (bicyclic) bond motifs is 1. The van der Waals surface area contributed by atoms with Crippen LogP contribution in [-0.2, 0) is 4.79 Å². The summed E-state index contributed by atoms with van der Waals surface area (Å²) in [7, 11) is 3.03. The molecule has 0 atom stereocenters. The number of nitrogens with one attached hydrogen (secondary N) is 1. The number of rotatable bonds is 6. The molecule has 10 heteroatoms. The summed E-state index contributed by atoms with van der Waals surface area (Å²) < 4.78 is 20.7. The fourth-order valence-corrected chi connectivity index (χ4v) is 3.31. The van der Waals surface area contributed by atoms with Gasteiger partial charge in [-0.3, -0.25) is 14.9 Å². The monoisotopic (exact) mass is 462 g/mol. The lowest BCUT2D eigenvalue weighted by atomic mass is 10.0. The van der Waals surface area contributed by atoms with Crippen LogP contribution in [0.2, 0.25) is 0 Å². The van der Waals surface area contributed by atoms with Crippen LogP contribution in [0.1, 0.15) is 11.1 Å². The molecule has 0 radical (unpaired) electrons. The van der Waals surface area contributed by atoms with Crippen LogP contribution in [0.15, 0.2) is 60.7 Å². The minimum atomic E-state index is -0.995. The number of ether oxygens (including phenoxy) is 4. The number of anilines is 1. The molecular weight excluding hydrogens is 444 g/mol. The summed E-state index contributed by atoms with van der Waals surface area (Å²) in [5.74, 6) is 1.06. The second-order valence-electron chi connectivity index (χ2n) is 7.04. The van der Waals surface area contributed by atoms with Crippen molar-refractivity contribution >= 4 is 35.1 Å². The summed E-state index contributed by atoms with van der Waals surface area (Å²) in [6, 6.07) is 14.9. The fourth-order valence-electron chi connectivity index (χ4n) is 3.31. The minimum Gasteiger partial charge on any atom is -0.493 e. The molecular formula is C24H18N2O8. The first-order chi connectivity index (χ1) is 16.4. The highest BCUT2D eigenvalue weighted by molar-refractivity contribution is 6.35. The van der Waals surface area contributed by atoms with Crippen LogP contribution < -0.4 is 24.3 Å². The predicted molar refractivity (Wildman–Crippen MR) is 122 cm³/mol. The summed E-state index contributed by atoms with van der Waals surface area (Å²) in [6.07, 6.45) is 0.705. The van der Waals surface area contributed by atoms with Crippen molar-refractivity contribution in [2.75, 3.05) is 19.5 Å². The van der Waals surface area contributed by atoms with E-state index >= 15 is 0 Å². The van der Waals surface area contributed by atoms with Gasteiger partial charge < -0.3 is 24.3 Å². The number of hydrogen-bond donors (Lipinski definition) is 1. The number of methoxy groups -OCH3 is 2. The normalized spacial score (nSPS) is 13.1. The van der Waals surface area contributed by atoms with Gasteiger partial charge in [0, 0.05) is 29.3 Å². The molecule has 1 aliphatic rings. The van der Waals surface area contributed by atoms with Crippen LogP contribution >= 0.6 is 0 Å². The first-order valence-corrected chi connectivity index (χ1v) is 9.91. The molecule has 3 aromatic carbocycles. The SMILES string of the molecule is COc1cc2c(cc1OC)C(=Cc1ccc(OC(=O)Oc3ccc([N+](=O)[O-])cc3)cc1)C(=O)N2. The Labute approximate surface area is 193 Å². The topological polar surface area (TPSA) is 126 Å². The summed E-state index contributed by atoms with van der Waals surface area (Å²) in [6.45, 7) is 0. The van der Waals surface area contributed by atoms with Gasteiger partial charge in [-0.25, -0.2) is 4.79 Å². The average Bonchev–Trinajstić information content (AvgIpc) is 3.13. The predicted octanol–water partition coefficient (Wildman–Crippen LogP) is 4.68. The smallest absolute Gasteiger partial charge is 0.493 e. The number of nitrogens with zero attached hydrogens (tertiary/aromatic N) is 1.